The van der Waals surface area contributed by atoms with E-state index >= 15 is 0 Å². The number of halogens is 2. The third-order valence-electron chi connectivity index (χ3n) is 2.07. The number of nitrogens with one attached hydrogen (secondary N) is 1. The number of benzene rings is 1. The monoisotopic (exact) mass is 311 g/mol. The molecule has 0 aliphatic heterocycles. The summed E-state index contributed by atoms with van der Waals surface area (Å²) in [7, 11) is 0. The molecule has 0 spiro atoms. The molecule has 94 valence electrons. The van der Waals surface area contributed by atoms with Gasteiger partial charge in [-0.1, -0.05) is 0 Å². The van der Waals surface area contributed by atoms with E-state index in [1.165, 1.54) is 24.3 Å². The van der Waals surface area contributed by atoms with Crippen molar-refractivity contribution < 1.29 is 9.13 Å². The number of aromatic nitrogens is 2. The maximum absolute atomic E-state index is 12.8. The van der Waals surface area contributed by atoms with E-state index in [1.807, 2.05) is 6.92 Å². The molecule has 2 aromatic rings. The van der Waals surface area contributed by atoms with E-state index in [4.69, 9.17) is 4.74 Å². The molecule has 1 N–H and O–H groups in total. The Morgan fingerprint density at radius 1 is 1.33 bits per heavy atom. The number of ether oxygens (including phenoxy) is 1. The van der Waals surface area contributed by atoms with Gasteiger partial charge in [0.05, 0.1) is 10.7 Å². The molecule has 0 saturated heterocycles. The molecule has 1 aromatic carbocycles. The molecule has 2 rings (SSSR count). The van der Waals surface area contributed by atoms with Crippen molar-refractivity contribution in [3.63, 3.8) is 0 Å². The average Bonchev–Trinajstić information content (AvgIpc) is 2.36. The van der Waals surface area contributed by atoms with E-state index in [0.29, 0.717) is 22.1 Å². The summed E-state index contributed by atoms with van der Waals surface area (Å²) in [4.78, 5) is 8.27. The summed E-state index contributed by atoms with van der Waals surface area (Å²) in [6.45, 7) is 2.67. The third kappa shape index (κ3) is 3.16. The van der Waals surface area contributed by atoms with Crippen LogP contribution in [0.25, 0.3) is 0 Å². The molecular weight excluding hydrogens is 301 g/mol. The van der Waals surface area contributed by atoms with Crippen molar-refractivity contribution in [3.05, 3.63) is 40.8 Å². The molecule has 0 radical (unpaired) electrons. The zero-order valence-electron chi connectivity index (χ0n) is 9.65. The predicted octanol–water partition coefficient (Wildman–Crippen LogP) is 3.60. The summed E-state index contributed by atoms with van der Waals surface area (Å²) in [5.74, 6) is 1.07. The second-order valence-electron chi connectivity index (χ2n) is 3.43. The summed E-state index contributed by atoms with van der Waals surface area (Å²) < 4.78 is 18.9. The molecule has 18 heavy (non-hydrogen) atoms. The number of anilines is 1. The highest BCUT2D eigenvalue weighted by Crippen LogP contribution is 2.27. The van der Waals surface area contributed by atoms with Gasteiger partial charge in [0.2, 0.25) is 11.8 Å². The number of nitrogens with zero attached hydrogens (tertiary/aromatic N) is 2. The van der Waals surface area contributed by atoms with E-state index in [2.05, 4.69) is 31.2 Å². The summed E-state index contributed by atoms with van der Waals surface area (Å²) in [6.07, 6.45) is 1.60. The van der Waals surface area contributed by atoms with Gasteiger partial charge < -0.3 is 10.1 Å². The molecule has 4 nitrogen and oxygen atoms in total. The van der Waals surface area contributed by atoms with Crippen molar-refractivity contribution in [3.8, 4) is 11.6 Å². The number of hydrogen-bond acceptors (Lipinski definition) is 4. The van der Waals surface area contributed by atoms with Crippen LogP contribution in [0.2, 0.25) is 0 Å². The van der Waals surface area contributed by atoms with Gasteiger partial charge in [-0.05, 0) is 47.1 Å². The van der Waals surface area contributed by atoms with Crippen LogP contribution in [-0.4, -0.2) is 16.5 Å². The topological polar surface area (TPSA) is 47.0 Å². The predicted molar refractivity (Wildman–Crippen MR) is 70.4 cm³/mol. The van der Waals surface area contributed by atoms with Gasteiger partial charge in [-0.25, -0.2) is 9.37 Å². The van der Waals surface area contributed by atoms with Gasteiger partial charge in [0.1, 0.15) is 11.6 Å². The molecule has 0 unspecified atom stereocenters. The summed E-state index contributed by atoms with van der Waals surface area (Å²) >= 11 is 3.30. The van der Waals surface area contributed by atoms with Crippen LogP contribution < -0.4 is 10.1 Å². The molecular formula is C12H11BrFN3O. The molecule has 0 aliphatic rings. The molecule has 0 fully saturated rings. The summed E-state index contributed by atoms with van der Waals surface area (Å²) in [5, 5.41) is 2.99. The lowest BCUT2D eigenvalue weighted by Gasteiger charge is -2.08. The van der Waals surface area contributed by atoms with Gasteiger partial charge in [0, 0.05) is 6.54 Å². The number of rotatable bonds is 4. The molecule has 0 aliphatic carbocycles. The van der Waals surface area contributed by atoms with E-state index in [1.54, 1.807) is 6.20 Å². The molecule has 1 heterocycles. The standard InChI is InChI=1S/C12H11BrFN3O/c1-2-15-12-16-7-10(13)11(17-12)18-9-5-3-8(14)4-6-9/h3-7H,2H2,1H3,(H,15,16,17). The molecule has 6 heteroatoms. The summed E-state index contributed by atoms with van der Waals surface area (Å²) in [6, 6.07) is 5.73. The Morgan fingerprint density at radius 3 is 2.72 bits per heavy atom. The zero-order valence-corrected chi connectivity index (χ0v) is 11.2. The lowest BCUT2D eigenvalue weighted by molar-refractivity contribution is 0.457. The van der Waals surface area contributed by atoms with Crippen LogP contribution in [-0.2, 0) is 0 Å². The van der Waals surface area contributed by atoms with Gasteiger partial charge in [-0.2, -0.15) is 4.98 Å². The van der Waals surface area contributed by atoms with E-state index in [0.717, 1.165) is 6.54 Å². The number of hydrogen-bond donors (Lipinski definition) is 1. The Bertz CT molecular complexity index is 533. The molecule has 0 amide bonds. The first-order valence-corrected chi connectivity index (χ1v) is 6.18. The zero-order chi connectivity index (χ0) is 13.0. The van der Waals surface area contributed by atoms with Gasteiger partial charge in [-0.15, -0.1) is 0 Å². The van der Waals surface area contributed by atoms with Gasteiger partial charge in [0.15, 0.2) is 0 Å². The second kappa shape index (κ2) is 5.77. The Labute approximate surface area is 112 Å². The van der Waals surface area contributed by atoms with Gasteiger partial charge in [-0.3, -0.25) is 0 Å². The molecule has 0 saturated carbocycles. The third-order valence-corrected chi connectivity index (χ3v) is 2.62. The van der Waals surface area contributed by atoms with Crippen LogP contribution in [0.5, 0.6) is 11.6 Å². The van der Waals surface area contributed by atoms with Crippen LogP contribution in [0.15, 0.2) is 34.9 Å². The highest BCUT2D eigenvalue weighted by Gasteiger charge is 2.07. The first-order valence-electron chi connectivity index (χ1n) is 5.39. The quantitative estimate of drug-likeness (QED) is 0.937. The minimum atomic E-state index is -0.308. The Balaban J connectivity index is 2.22. The maximum atomic E-state index is 12.8. The van der Waals surface area contributed by atoms with Crippen molar-refractivity contribution in [1.82, 2.24) is 9.97 Å². The smallest absolute Gasteiger partial charge is 0.238 e. The van der Waals surface area contributed by atoms with E-state index in [-0.39, 0.29) is 5.82 Å². The van der Waals surface area contributed by atoms with Crippen molar-refractivity contribution >= 4 is 21.9 Å². The van der Waals surface area contributed by atoms with Crippen LogP contribution in [0, 0.1) is 5.82 Å². The molecule has 1 aromatic heterocycles. The van der Waals surface area contributed by atoms with E-state index < -0.39 is 0 Å². The lowest BCUT2D eigenvalue weighted by Crippen LogP contribution is -2.03. The van der Waals surface area contributed by atoms with Crippen molar-refractivity contribution in [2.75, 3.05) is 11.9 Å². The first-order chi connectivity index (χ1) is 8.69. The van der Waals surface area contributed by atoms with Crippen molar-refractivity contribution in [2.24, 2.45) is 0 Å². The minimum absolute atomic E-state index is 0.308. The van der Waals surface area contributed by atoms with Crippen LogP contribution in [0.4, 0.5) is 10.3 Å². The van der Waals surface area contributed by atoms with Crippen LogP contribution in [0.3, 0.4) is 0 Å². The fraction of sp³-hybridized carbons (Fsp3) is 0.167. The van der Waals surface area contributed by atoms with Crippen LogP contribution >= 0.6 is 15.9 Å². The second-order valence-corrected chi connectivity index (χ2v) is 4.29. The Hall–Kier alpha value is -1.69. The maximum Gasteiger partial charge on any atom is 0.238 e. The highest BCUT2D eigenvalue weighted by atomic mass is 79.9. The van der Waals surface area contributed by atoms with E-state index in [9.17, 15) is 4.39 Å². The largest absolute Gasteiger partial charge is 0.438 e. The van der Waals surface area contributed by atoms with Crippen molar-refractivity contribution in [1.29, 1.82) is 0 Å². The van der Waals surface area contributed by atoms with Gasteiger partial charge >= 0.3 is 0 Å². The highest BCUT2D eigenvalue weighted by molar-refractivity contribution is 9.10. The first kappa shape index (κ1) is 12.8. The van der Waals surface area contributed by atoms with Crippen molar-refractivity contribution in [2.45, 2.75) is 6.92 Å². The van der Waals surface area contributed by atoms with Crippen LogP contribution in [0.1, 0.15) is 6.92 Å². The SMILES string of the molecule is CCNc1ncc(Br)c(Oc2ccc(F)cc2)n1. The Kier molecular flexibility index (Phi) is 4.09. The lowest BCUT2D eigenvalue weighted by atomic mass is 10.3. The fourth-order valence-corrected chi connectivity index (χ4v) is 1.55. The normalized spacial score (nSPS) is 10.2. The average molecular weight is 312 g/mol. The molecule has 0 atom stereocenters. The summed E-state index contributed by atoms with van der Waals surface area (Å²) in [5.41, 5.74) is 0. The molecule has 0 bridgehead atoms. The Morgan fingerprint density at radius 2 is 2.06 bits per heavy atom. The fourth-order valence-electron chi connectivity index (χ4n) is 1.28. The van der Waals surface area contributed by atoms with Gasteiger partial charge in [0.25, 0.3) is 0 Å². The minimum Gasteiger partial charge on any atom is -0.438 e.